The maximum absolute atomic E-state index is 13.1. The zero-order valence-corrected chi connectivity index (χ0v) is 13.1. The smallest absolute Gasteiger partial charge is 0.141 e. The summed E-state index contributed by atoms with van der Waals surface area (Å²) in [5.74, 6) is 0.156. The van der Waals surface area contributed by atoms with E-state index in [2.05, 4.69) is 5.32 Å². The van der Waals surface area contributed by atoms with E-state index in [9.17, 15) is 4.39 Å². The third kappa shape index (κ3) is 4.60. The van der Waals surface area contributed by atoms with E-state index in [4.69, 9.17) is 27.9 Å². The van der Waals surface area contributed by atoms with Crippen molar-refractivity contribution in [2.75, 3.05) is 6.54 Å². The second-order valence-corrected chi connectivity index (χ2v) is 5.40. The van der Waals surface area contributed by atoms with Crippen LogP contribution in [0.25, 0.3) is 0 Å². The van der Waals surface area contributed by atoms with Crippen LogP contribution in [0.4, 0.5) is 4.39 Å². The van der Waals surface area contributed by atoms with Gasteiger partial charge in [-0.1, -0.05) is 42.3 Å². The third-order valence-electron chi connectivity index (χ3n) is 2.95. The number of rotatable bonds is 6. The van der Waals surface area contributed by atoms with Crippen molar-refractivity contribution in [3.8, 4) is 5.75 Å². The standard InChI is InChI=1S/C16H16Cl2FNO/c1-2-20-9-11-4-6-16(14(18)7-11)21-10-12-3-5-15(19)13(17)8-12/h3-8,20H,2,9-10H2,1H3. The van der Waals surface area contributed by atoms with Crippen LogP contribution in [0.2, 0.25) is 10.0 Å². The molecular weight excluding hydrogens is 312 g/mol. The summed E-state index contributed by atoms with van der Waals surface area (Å²) in [7, 11) is 0. The molecule has 2 rings (SSSR count). The lowest BCUT2D eigenvalue weighted by atomic mass is 10.2. The lowest BCUT2D eigenvalue weighted by Crippen LogP contribution is -2.11. The summed E-state index contributed by atoms with van der Waals surface area (Å²) in [5.41, 5.74) is 1.88. The van der Waals surface area contributed by atoms with Gasteiger partial charge in [0.1, 0.15) is 18.2 Å². The molecule has 0 fully saturated rings. The van der Waals surface area contributed by atoms with Crippen molar-refractivity contribution in [2.24, 2.45) is 0 Å². The van der Waals surface area contributed by atoms with Gasteiger partial charge in [0.15, 0.2) is 0 Å². The summed E-state index contributed by atoms with van der Waals surface area (Å²) in [6, 6.07) is 10.2. The van der Waals surface area contributed by atoms with E-state index in [0.29, 0.717) is 10.8 Å². The summed E-state index contributed by atoms with van der Waals surface area (Å²) in [6.07, 6.45) is 0. The molecule has 2 nitrogen and oxygen atoms in total. The zero-order valence-electron chi connectivity index (χ0n) is 11.6. The number of nitrogens with one attached hydrogen (secondary N) is 1. The molecule has 0 aliphatic carbocycles. The van der Waals surface area contributed by atoms with Crippen LogP contribution in [0.5, 0.6) is 5.75 Å². The van der Waals surface area contributed by atoms with Crippen LogP contribution in [-0.4, -0.2) is 6.54 Å². The number of hydrogen-bond donors (Lipinski definition) is 1. The molecule has 0 aromatic heterocycles. The predicted molar refractivity (Wildman–Crippen MR) is 84.6 cm³/mol. The first-order valence-corrected chi connectivity index (χ1v) is 7.41. The van der Waals surface area contributed by atoms with Crippen molar-refractivity contribution in [3.63, 3.8) is 0 Å². The van der Waals surface area contributed by atoms with E-state index in [1.165, 1.54) is 6.07 Å². The average Bonchev–Trinajstić information content (AvgIpc) is 2.47. The van der Waals surface area contributed by atoms with Crippen LogP contribution in [-0.2, 0) is 13.2 Å². The van der Waals surface area contributed by atoms with Gasteiger partial charge < -0.3 is 10.1 Å². The third-order valence-corrected chi connectivity index (χ3v) is 3.54. The van der Waals surface area contributed by atoms with Crippen LogP contribution in [0.15, 0.2) is 36.4 Å². The summed E-state index contributed by atoms with van der Waals surface area (Å²) >= 11 is 11.9. The Kier molecular flexibility index (Phi) is 5.85. The van der Waals surface area contributed by atoms with Gasteiger partial charge in [-0.2, -0.15) is 0 Å². The molecule has 0 unspecified atom stereocenters. The van der Waals surface area contributed by atoms with Crippen molar-refractivity contribution in [2.45, 2.75) is 20.1 Å². The van der Waals surface area contributed by atoms with Gasteiger partial charge in [0, 0.05) is 6.54 Å². The van der Waals surface area contributed by atoms with Crippen molar-refractivity contribution < 1.29 is 9.13 Å². The molecule has 0 saturated carbocycles. The summed E-state index contributed by atoms with van der Waals surface area (Å²) in [5, 5.41) is 3.87. The van der Waals surface area contributed by atoms with Crippen LogP contribution < -0.4 is 10.1 Å². The number of halogens is 3. The minimum absolute atomic E-state index is 0.0863. The fourth-order valence-electron chi connectivity index (χ4n) is 1.83. The Morgan fingerprint density at radius 1 is 1.05 bits per heavy atom. The van der Waals surface area contributed by atoms with Gasteiger partial charge in [0.25, 0.3) is 0 Å². The van der Waals surface area contributed by atoms with Crippen LogP contribution in [0.1, 0.15) is 18.1 Å². The summed E-state index contributed by atoms with van der Waals surface area (Å²) in [6.45, 7) is 4.00. The molecule has 0 aliphatic rings. The lowest BCUT2D eigenvalue weighted by molar-refractivity contribution is 0.306. The average molecular weight is 328 g/mol. The second kappa shape index (κ2) is 7.64. The highest BCUT2D eigenvalue weighted by molar-refractivity contribution is 6.32. The quantitative estimate of drug-likeness (QED) is 0.821. The molecule has 0 heterocycles. The van der Waals surface area contributed by atoms with E-state index >= 15 is 0 Å². The molecule has 0 bridgehead atoms. The largest absolute Gasteiger partial charge is 0.487 e. The lowest BCUT2D eigenvalue weighted by Gasteiger charge is -2.10. The first-order chi connectivity index (χ1) is 10.1. The molecule has 112 valence electrons. The second-order valence-electron chi connectivity index (χ2n) is 4.58. The molecule has 5 heteroatoms. The normalized spacial score (nSPS) is 10.7. The Morgan fingerprint density at radius 3 is 2.43 bits per heavy atom. The molecule has 0 saturated heterocycles. The van der Waals surface area contributed by atoms with Crippen molar-refractivity contribution in [1.29, 1.82) is 0 Å². The Balaban J connectivity index is 2.01. The van der Waals surface area contributed by atoms with Crippen LogP contribution in [0.3, 0.4) is 0 Å². The molecular formula is C16H16Cl2FNO. The topological polar surface area (TPSA) is 21.3 Å². The van der Waals surface area contributed by atoms with E-state index < -0.39 is 5.82 Å². The fraction of sp³-hybridized carbons (Fsp3) is 0.250. The molecule has 0 atom stereocenters. The molecule has 21 heavy (non-hydrogen) atoms. The van der Waals surface area contributed by atoms with Gasteiger partial charge in [-0.15, -0.1) is 0 Å². The first kappa shape index (κ1) is 16.1. The first-order valence-electron chi connectivity index (χ1n) is 6.66. The Hall–Kier alpha value is -1.29. The predicted octanol–water partition coefficient (Wildman–Crippen LogP) is 4.82. The van der Waals surface area contributed by atoms with Gasteiger partial charge in [-0.05, 0) is 41.9 Å². The highest BCUT2D eigenvalue weighted by Crippen LogP contribution is 2.26. The maximum Gasteiger partial charge on any atom is 0.141 e. The van der Waals surface area contributed by atoms with Gasteiger partial charge in [0.2, 0.25) is 0 Å². The summed E-state index contributed by atoms with van der Waals surface area (Å²) < 4.78 is 18.7. The maximum atomic E-state index is 13.1. The highest BCUT2D eigenvalue weighted by Gasteiger charge is 2.05. The minimum Gasteiger partial charge on any atom is -0.487 e. The molecule has 0 radical (unpaired) electrons. The van der Waals surface area contributed by atoms with E-state index in [0.717, 1.165) is 24.2 Å². The molecule has 0 amide bonds. The van der Waals surface area contributed by atoms with E-state index in [-0.39, 0.29) is 11.6 Å². The van der Waals surface area contributed by atoms with Crippen LogP contribution >= 0.6 is 23.2 Å². The monoisotopic (exact) mass is 327 g/mol. The van der Waals surface area contributed by atoms with E-state index in [1.54, 1.807) is 12.1 Å². The van der Waals surface area contributed by atoms with Gasteiger partial charge >= 0.3 is 0 Å². The molecule has 2 aromatic rings. The molecule has 0 aliphatic heterocycles. The van der Waals surface area contributed by atoms with Crippen LogP contribution in [0, 0.1) is 5.82 Å². The molecule has 1 N–H and O–H groups in total. The fourth-order valence-corrected chi connectivity index (χ4v) is 2.29. The van der Waals surface area contributed by atoms with Crippen molar-refractivity contribution in [1.82, 2.24) is 5.32 Å². The SMILES string of the molecule is CCNCc1ccc(OCc2ccc(F)c(Cl)c2)c(Cl)c1. The van der Waals surface area contributed by atoms with Gasteiger partial charge in [-0.25, -0.2) is 4.39 Å². The Bertz CT molecular complexity index is 619. The zero-order chi connectivity index (χ0) is 15.2. The highest BCUT2D eigenvalue weighted by atomic mass is 35.5. The van der Waals surface area contributed by atoms with Gasteiger partial charge in [0.05, 0.1) is 10.0 Å². The molecule has 2 aromatic carbocycles. The number of hydrogen-bond acceptors (Lipinski definition) is 2. The Morgan fingerprint density at radius 2 is 1.76 bits per heavy atom. The Labute approximate surface area is 133 Å². The minimum atomic E-state index is -0.439. The summed E-state index contributed by atoms with van der Waals surface area (Å²) in [4.78, 5) is 0. The molecule has 0 spiro atoms. The van der Waals surface area contributed by atoms with Crippen molar-refractivity contribution >= 4 is 23.2 Å². The number of benzene rings is 2. The van der Waals surface area contributed by atoms with Crippen molar-refractivity contribution in [3.05, 3.63) is 63.4 Å². The van der Waals surface area contributed by atoms with E-state index in [1.807, 2.05) is 25.1 Å². The number of ether oxygens (including phenoxy) is 1. The van der Waals surface area contributed by atoms with Gasteiger partial charge in [-0.3, -0.25) is 0 Å².